The Morgan fingerprint density at radius 3 is 2.67 bits per heavy atom. The zero-order chi connectivity index (χ0) is 22.1. The number of hydrogen-bond acceptors (Lipinski definition) is 4. The van der Waals surface area contributed by atoms with Crippen molar-refractivity contribution in [3.05, 3.63) is 52.9 Å². The summed E-state index contributed by atoms with van der Waals surface area (Å²) in [5.41, 5.74) is -0.206. The van der Waals surface area contributed by atoms with Gasteiger partial charge in [0.1, 0.15) is 17.6 Å². The van der Waals surface area contributed by atoms with Gasteiger partial charge in [0.25, 0.3) is 0 Å². The van der Waals surface area contributed by atoms with Crippen molar-refractivity contribution < 1.29 is 23.1 Å². The fourth-order valence-corrected chi connectivity index (χ4v) is 3.62. The van der Waals surface area contributed by atoms with Crippen LogP contribution < -0.4 is 0 Å². The van der Waals surface area contributed by atoms with Crippen LogP contribution in [0.5, 0.6) is 0 Å². The maximum atomic E-state index is 15.1. The van der Waals surface area contributed by atoms with Gasteiger partial charge in [0.2, 0.25) is 0 Å². The van der Waals surface area contributed by atoms with Gasteiger partial charge in [-0.25, -0.2) is 13.6 Å². The fraction of sp³-hybridized carbons (Fsp3) is 0.409. The number of halogens is 3. The molecule has 0 saturated carbocycles. The molecule has 8 heteroatoms. The molecule has 1 fully saturated rings. The molecule has 1 amide bonds. The number of rotatable bonds is 4. The van der Waals surface area contributed by atoms with Gasteiger partial charge in [0.05, 0.1) is 23.3 Å². The van der Waals surface area contributed by atoms with Crippen molar-refractivity contribution >= 4 is 23.5 Å². The van der Waals surface area contributed by atoms with Crippen molar-refractivity contribution in [2.75, 3.05) is 6.54 Å². The first-order chi connectivity index (χ1) is 14.1. The second-order valence-corrected chi connectivity index (χ2v) is 8.64. The number of amides is 1. The van der Waals surface area contributed by atoms with Crippen LogP contribution in [0.2, 0.25) is 5.02 Å². The molecule has 30 heavy (non-hydrogen) atoms. The van der Waals surface area contributed by atoms with Gasteiger partial charge in [-0.3, -0.25) is 14.7 Å². The normalized spacial score (nSPS) is 19.1. The number of nitrogens with zero attached hydrogens (tertiary/aromatic N) is 2. The number of carbonyl (C=O) groups excluding carboxylic acids is 2. The number of Topliss-reactive ketones (excluding diaryl/α,β-unsaturated/α-hetero) is 1. The molecule has 1 aromatic heterocycles. The molecule has 0 aliphatic carbocycles. The van der Waals surface area contributed by atoms with Gasteiger partial charge in [-0.15, -0.1) is 0 Å². The lowest BCUT2D eigenvalue weighted by Gasteiger charge is -2.27. The first kappa shape index (κ1) is 22.2. The van der Waals surface area contributed by atoms with Crippen molar-refractivity contribution in [2.24, 2.45) is 0 Å². The van der Waals surface area contributed by atoms with Crippen LogP contribution in [0.3, 0.4) is 0 Å². The number of benzene rings is 1. The molecule has 0 bridgehead atoms. The Kier molecular flexibility index (Phi) is 6.41. The number of ether oxygens (including phenoxy) is 1. The Balaban J connectivity index is 1.82. The third-order valence-electron chi connectivity index (χ3n) is 4.71. The van der Waals surface area contributed by atoms with Crippen molar-refractivity contribution in [2.45, 2.75) is 51.4 Å². The van der Waals surface area contributed by atoms with E-state index in [1.165, 1.54) is 18.3 Å². The number of carbonyl (C=O) groups is 2. The topological polar surface area (TPSA) is 59.5 Å². The molecule has 5 nitrogen and oxygen atoms in total. The Bertz CT molecular complexity index is 962. The maximum absolute atomic E-state index is 15.1. The summed E-state index contributed by atoms with van der Waals surface area (Å²) in [6, 6.07) is 6.83. The summed E-state index contributed by atoms with van der Waals surface area (Å²) in [4.78, 5) is 30.5. The number of pyridine rings is 1. The summed E-state index contributed by atoms with van der Waals surface area (Å²) in [6.07, 6.45) is -1.02. The lowest BCUT2D eigenvalue weighted by molar-refractivity contribution is -0.122. The van der Waals surface area contributed by atoms with Crippen molar-refractivity contribution in [1.29, 1.82) is 0 Å². The fourth-order valence-electron chi connectivity index (χ4n) is 3.40. The number of likely N-dealkylation sites (tertiary alicyclic amines) is 1. The van der Waals surface area contributed by atoms with E-state index in [9.17, 15) is 14.0 Å². The number of hydrogen-bond donors (Lipinski definition) is 0. The molecule has 0 unspecified atom stereocenters. The number of ketones is 1. The van der Waals surface area contributed by atoms with E-state index in [0.29, 0.717) is 0 Å². The molecule has 1 aromatic carbocycles. The van der Waals surface area contributed by atoms with E-state index in [1.54, 1.807) is 39.0 Å². The predicted octanol–water partition coefficient (Wildman–Crippen LogP) is 5.00. The minimum Gasteiger partial charge on any atom is -0.444 e. The Morgan fingerprint density at radius 2 is 2.00 bits per heavy atom. The van der Waals surface area contributed by atoms with Gasteiger partial charge in [0.15, 0.2) is 5.78 Å². The zero-order valence-corrected chi connectivity index (χ0v) is 17.7. The summed E-state index contributed by atoms with van der Waals surface area (Å²) >= 11 is 6.12. The maximum Gasteiger partial charge on any atom is 0.411 e. The summed E-state index contributed by atoms with van der Waals surface area (Å²) in [6.45, 7) is 4.84. The average Bonchev–Trinajstić information content (AvgIpc) is 3.05. The summed E-state index contributed by atoms with van der Waals surface area (Å²) < 4.78 is 34.4. The van der Waals surface area contributed by atoms with E-state index >= 15 is 4.39 Å². The highest BCUT2D eigenvalue weighted by atomic mass is 35.5. The molecule has 1 aliphatic heterocycles. The van der Waals surface area contributed by atoms with Crippen molar-refractivity contribution in [1.82, 2.24) is 9.88 Å². The van der Waals surface area contributed by atoms with Gasteiger partial charge in [-0.2, -0.15) is 0 Å². The highest BCUT2D eigenvalue weighted by Crippen LogP contribution is 2.30. The largest absolute Gasteiger partial charge is 0.444 e. The Hall–Kier alpha value is -2.54. The highest BCUT2D eigenvalue weighted by Gasteiger charge is 2.41. The first-order valence-electron chi connectivity index (χ1n) is 9.61. The number of alkyl halides is 1. The van der Waals surface area contributed by atoms with Crippen LogP contribution in [0.4, 0.5) is 13.6 Å². The molecule has 1 saturated heterocycles. The molecule has 2 heterocycles. The van der Waals surface area contributed by atoms with Crippen LogP contribution >= 0.6 is 11.6 Å². The van der Waals surface area contributed by atoms with Crippen LogP contribution in [-0.2, 0) is 16.0 Å². The summed E-state index contributed by atoms with van der Waals surface area (Å²) in [7, 11) is 0. The van der Waals surface area contributed by atoms with E-state index in [1.807, 2.05) is 0 Å². The van der Waals surface area contributed by atoms with Crippen LogP contribution in [0.15, 0.2) is 36.5 Å². The van der Waals surface area contributed by atoms with Crippen molar-refractivity contribution in [3.8, 4) is 11.3 Å². The molecule has 2 atom stereocenters. The van der Waals surface area contributed by atoms with Crippen molar-refractivity contribution in [3.63, 3.8) is 0 Å². The zero-order valence-electron chi connectivity index (χ0n) is 17.0. The molecule has 3 rings (SSSR count). The summed E-state index contributed by atoms with van der Waals surface area (Å²) in [5, 5.41) is 0.284. The van der Waals surface area contributed by atoms with Crippen LogP contribution in [0.1, 0.15) is 32.8 Å². The smallest absolute Gasteiger partial charge is 0.411 e. The molecular weight excluding hydrogens is 414 g/mol. The molecule has 2 aromatic rings. The van der Waals surface area contributed by atoms with E-state index in [-0.39, 0.29) is 41.2 Å². The summed E-state index contributed by atoms with van der Waals surface area (Å²) in [5.74, 6) is -1.07. The quantitative estimate of drug-likeness (QED) is 0.676. The molecule has 0 spiro atoms. The van der Waals surface area contributed by atoms with Gasteiger partial charge in [-0.1, -0.05) is 23.7 Å². The minimum absolute atomic E-state index is 0.130. The number of aromatic nitrogens is 1. The van der Waals surface area contributed by atoms with Gasteiger partial charge >= 0.3 is 6.09 Å². The highest BCUT2D eigenvalue weighted by molar-refractivity contribution is 6.33. The standard InChI is InChI=1S/C22H23ClF2N2O3/c1-22(2,3)30-21(29)27-12-14(24)11-17(27)18(28)10-13-6-4-7-15(19(13)25)20-16(23)8-5-9-26-20/h4-9,14,17H,10-12H2,1-3H3/t14-,17+/m1/s1. The lowest BCUT2D eigenvalue weighted by atomic mass is 9.98. The van der Waals surface area contributed by atoms with E-state index in [4.69, 9.17) is 16.3 Å². The molecule has 160 valence electrons. The monoisotopic (exact) mass is 436 g/mol. The molecule has 0 radical (unpaired) electrons. The van der Waals surface area contributed by atoms with Crippen LogP contribution in [0, 0.1) is 5.82 Å². The van der Waals surface area contributed by atoms with E-state index < -0.39 is 35.5 Å². The third-order valence-corrected chi connectivity index (χ3v) is 5.01. The average molecular weight is 437 g/mol. The first-order valence-corrected chi connectivity index (χ1v) is 9.99. The lowest BCUT2D eigenvalue weighted by Crippen LogP contribution is -2.44. The third kappa shape index (κ3) is 4.95. The Labute approximate surface area is 179 Å². The molecular formula is C22H23ClF2N2O3. The molecule has 1 aliphatic rings. The second-order valence-electron chi connectivity index (χ2n) is 8.24. The molecule has 0 N–H and O–H groups in total. The van der Waals surface area contributed by atoms with Gasteiger partial charge in [-0.05, 0) is 44.5 Å². The van der Waals surface area contributed by atoms with Gasteiger partial charge < -0.3 is 4.74 Å². The van der Waals surface area contributed by atoms with E-state index in [2.05, 4.69) is 4.98 Å². The van der Waals surface area contributed by atoms with Crippen LogP contribution in [-0.4, -0.2) is 46.1 Å². The van der Waals surface area contributed by atoms with Gasteiger partial charge in [0, 0.05) is 24.6 Å². The Morgan fingerprint density at radius 1 is 1.27 bits per heavy atom. The minimum atomic E-state index is -1.34. The second kappa shape index (κ2) is 8.68. The van der Waals surface area contributed by atoms with E-state index in [0.717, 1.165) is 4.90 Å². The SMILES string of the molecule is CC(C)(C)OC(=O)N1C[C@H](F)C[C@H]1C(=O)Cc1cccc(-c2ncccc2Cl)c1F. The predicted molar refractivity (Wildman–Crippen MR) is 110 cm³/mol. The van der Waals surface area contributed by atoms with Crippen LogP contribution in [0.25, 0.3) is 11.3 Å².